The molecule has 0 aromatic carbocycles. The lowest BCUT2D eigenvalue weighted by molar-refractivity contribution is 0.492. The molecule has 0 aliphatic heterocycles. The molecule has 17 heavy (non-hydrogen) atoms. The van der Waals surface area contributed by atoms with Crippen LogP contribution in [0.2, 0.25) is 0 Å². The lowest BCUT2D eigenvalue weighted by atomic mass is 10.0. The van der Waals surface area contributed by atoms with Gasteiger partial charge in [-0.3, -0.25) is 4.68 Å². The van der Waals surface area contributed by atoms with Crippen LogP contribution in [-0.4, -0.2) is 15.8 Å². The molecule has 1 fully saturated rings. The van der Waals surface area contributed by atoms with Gasteiger partial charge in [-0.15, -0.1) is 0 Å². The lowest BCUT2D eigenvalue weighted by Gasteiger charge is -2.22. The zero-order chi connectivity index (χ0) is 12.8. The average Bonchev–Trinajstić information content (AvgIpc) is 2.93. The molecule has 1 saturated carbocycles. The molecule has 0 bridgehead atoms. The maximum absolute atomic E-state index is 4.62. The molecule has 0 saturated heterocycles. The van der Waals surface area contributed by atoms with Gasteiger partial charge in [-0.2, -0.15) is 5.10 Å². The number of aromatic nitrogens is 2. The minimum atomic E-state index is 0.427. The fourth-order valence-electron chi connectivity index (χ4n) is 2.40. The molecule has 1 unspecified atom stereocenters. The normalized spacial score (nSPS) is 19.5. The van der Waals surface area contributed by atoms with Crippen molar-refractivity contribution in [3.05, 3.63) is 11.4 Å². The topological polar surface area (TPSA) is 29.9 Å². The Morgan fingerprint density at radius 2 is 1.82 bits per heavy atom. The van der Waals surface area contributed by atoms with Crippen LogP contribution in [0.5, 0.6) is 0 Å². The molecule has 1 aromatic heterocycles. The summed E-state index contributed by atoms with van der Waals surface area (Å²) in [5, 5.41) is 8.29. The van der Waals surface area contributed by atoms with Crippen LogP contribution in [-0.2, 0) is 0 Å². The summed E-state index contributed by atoms with van der Waals surface area (Å²) in [4.78, 5) is 0. The van der Waals surface area contributed by atoms with Crippen molar-refractivity contribution < 1.29 is 0 Å². The van der Waals surface area contributed by atoms with E-state index >= 15 is 0 Å². The molecule has 2 rings (SSSR count). The summed E-state index contributed by atoms with van der Waals surface area (Å²) in [7, 11) is 0. The Morgan fingerprint density at radius 3 is 2.24 bits per heavy atom. The molecule has 0 radical (unpaired) electrons. The van der Waals surface area contributed by atoms with Gasteiger partial charge in [0.2, 0.25) is 0 Å². The Kier molecular flexibility index (Phi) is 2.96. The van der Waals surface area contributed by atoms with Gasteiger partial charge in [0.15, 0.2) is 0 Å². The van der Waals surface area contributed by atoms with Crippen molar-refractivity contribution in [1.82, 2.24) is 9.78 Å². The first-order chi connectivity index (χ1) is 7.85. The highest BCUT2D eigenvalue weighted by Crippen LogP contribution is 2.49. The Hall–Kier alpha value is -0.990. The van der Waals surface area contributed by atoms with Crippen LogP contribution in [0.1, 0.15) is 58.0 Å². The van der Waals surface area contributed by atoms with Gasteiger partial charge in [0.25, 0.3) is 0 Å². The summed E-state index contributed by atoms with van der Waals surface area (Å²) in [5.74, 6) is 0. The number of nitrogens with one attached hydrogen (secondary N) is 1. The van der Waals surface area contributed by atoms with E-state index in [9.17, 15) is 0 Å². The minimum Gasteiger partial charge on any atom is -0.379 e. The van der Waals surface area contributed by atoms with Crippen molar-refractivity contribution >= 4 is 5.69 Å². The lowest BCUT2D eigenvalue weighted by Crippen LogP contribution is -2.25. The van der Waals surface area contributed by atoms with Crippen LogP contribution in [0.4, 0.5) is 5.69 Å². The Balaban J connectivity index is 2.21. The molecule has 0 amide bonds. The van der Waals surface area contributed by atoms with Crippen molar-refractivity contribution in [2.24, 2.45) is 5.41 Å². The van der Waals surface area contributed by atoms with E-state index in [-0.39, 0.29) is 0 Å². The van der Waals surface area contributed by atoms with Gasteiger partial charge in [0, 0.05) is 12.1 Å². The number of anilines is 1. The fraction of sp³-hybridized carbons (Fsp3) is 0.786. The molecule has 96 valence electrons. The summed E-state index contributed by atoms with van der Waals surface area (Å²) in [5.41, 5.74) is 4.11. The summed E-state index contributed by atoms with van der Waals surface area (Å²) < 4.78 is 2.11. The van der Waals surface area contributed by atoms with E-state index in [2.05, 4.69) is 56.6 Å². The molecule has 1 aliphatic rings. The van der Waals surface area contributed by atoms with Crippen molar-refractivity contribution in [2.45, 2.75) is 66.5 Å². The standard InChI is InChI=1S/C14H25N3/c1-9(2)17-11(4)13(10(3)16-17)15-12(5)14(6)7-8-14/h9,12,15H,7-8H2,1-6H3. The second-order valence-corrected chi connectivity index (χ2v) is 6.10. The molecule has 3 nitrogen and oxygen atoms in total. The van der Waals surface area contributed by atoms with Gasteiger partial charge in [-0.25, -0.2) is 0 Å². The minimum absolute atomic E-state index is 0.427. The Bertz CT molecular complexity index is 413. The molecular weight excluding hydrogens is 210 g/mol. The van der Waals surface area contributed by atoms with Crippen molar-refractivity contribution in [3.63, 3.8) is 0 Å². The second kappa shape index (κ2) is 4.04. The molecule has 3 heteroatoms. The summed E-state index contributed by atoms with van der Waals surface area (Å²) >= 11 is 0. The third kappa shape index (κ3) is 2.20. The van der Waals surface area contributed by atoms with E-state index < -0.39 is 0 Å². The zero-order valence-electron chi connectivity index (χ0n) is 12.0. The van der Waals surface area contributed by atoms with Crippen LogP contribution < -0.4 is 5.32 Å². The number of nitrogens with zero attached hydrogens (tertiary/aromatic N) is 2. The summed E-state index contributed by atoms with van der Waals surface area (Å²) in [6.07, 6.45) is 2.69. The molecule has 1 aliphatic carbocycles. The SMILES string of the molecule is Cc1nn(C(C)C)c(C)c1NC(C)C1(C)CC1. The van der Waals surface area contributed by atoms with Crippen LogP contribution in [0.15, 0.2) is 0 Å². The zero-order valence-corrected chi connectivity index (χ0v) is 12.0. The van der Waals surface area contributed by atoms with Crippen LogP contribution in [0.25, 0.3) is 0 Å². The number of rotatable bonds is 4. The first-order valence-corrected chi connectivity index (χ1v) is 6.67. The van der Waals surface area contributed by atoms with E-state index in [1.165, 1.54) is 24.2 Å². The molecular formula is C14H25N3. The first kappa shape index (κ1) is 12.5. The maximum atomic E-state index is 4.62. The highest BCUT2D eigenvalue weighted by atomic mass is 15.3. The van der Waals surface area contributed by atoms with Crippen molar-refractivity contribution in [1.29, 1.82) is 0 Å². The maximum Gasteiger partial charge on any atom is 0.0828 e. The van der Waals surface area contributed by atoms with E-state index in [4.69, 9.17) is 0 Å². The van der Waals surface area contributed by atoms with Gasteiger partial charge in [-0.05, 0) is 52.9 Å². The molecule has 0 spiro atoms. The third-order valence-electron chi connectivity index (χ3n) is 4.26. The molecule has 1 atom stereocenters. The fourth-order valence-corrected chi connectivity index (χ4v) is 2.40. The van der Waals surface area contributed by atoms with Crippen LogP contribution in [0, 0.1) is 19.3 Å². The Labute approximate surface area is 105 Å². The molecule has 1 heterocycles. The summed E-state index contributed by atoms with van der Waals surface area (Å²) in [6, 6.07) is 0.959. The second-order valence-electron chi connectivity index (χ2n) is 6.10. The van der Waals surface area contributed by atoms with Gasteiger partial charge in [0.05, 0.1) is 17.1 Å². The van der Waals surface area contributed by atoms with Crippen LogP contribution >= 0.6 is 0 Å². The van der Waals surface area contributed by atoms with E-state index in [1.54, 1.807) is 0 Å². The predicted molar refractivity (Wildman–Crippen MR) is 72.5 cm³/mol. The number of aryl methyl sites for hydroxylation is 1. The Morgan fingerprint density at radius 1 is 1.24 bits per heavy atom. The van der Waals surface area contributed by atoms with Gasteiger partial charge in [0.1, 0.15) is 0 Å². The van der Waals surface area contributed by atoms with Crippen molar-refractivity contribution in [2.75, 3.05) is 5.32 Å². The largest absolute Gasteiger partial charge is 0.379 e. The number of hydrogen-bond acceptors (Lipinski definition) is 2. The smallest absolute Gasteiger partial charge is 0.0828 e. The van der Waals surface area contributed by atoms with E-state index in [1.807, 2.05) is 0 Å². The quantitative estimate of drug-likeness (QED) is 0.862. The van der Waals surface area contributed by atoms with Gasteiger partial charge < -0.3 is 5.32 Å². The summed E-state index contributed by atoms with van der Waals surface area (Å²) in [6.45, 7) is 13.3. The monoisotopic (exact) mass is 235 g/mol. The highest BCUT2D eigenvalue weighted by Gasteiger charge is 2.42. The number of hydrogen-bond donors (Lipinski definition) is 1. The van der Waals surface area contributed by atoms with Crippen molar-refractivity contribution in [3.8, 4) is 0 Å². The van der Waals surface area contributed by atoms with Gasteiger partial charge >= 0.3 is 0 Å². The van der Waals surface area contributed by atoms with Gasteiger partial charge in [-0.1, -0.05) is 6.92 Å². The average molecular weight is 235 g/mol. The highest BCUT2D eigenvalue weighted by molar-refractivity contribution is 5.53. The first-order valence-electron chi connectivity index (χ1n) is 6.67. The third-order valence-corrected chi connectivity index (χ3v) is 4.26. The van der Waals surface area contributed by atoms with E-state index in [0.29, 0.717) is 17.5 Å². The predicted octanol–water partition coefficient (Wildman–Crippen LogP) is 3.68. The molecule has 1 N–H and O–H groups in total. The van der Waals surface area contributed by atoms with E-state index in [0.717, 1.165) is 5.69 Å². The molecule has 1 aromatic rings. The van der Waals surface area contributed by atoms with Crippen LogP contribution in [0.3, 0.4) is 0 Å².